The van der Waals surface area contributed by atoms with Gasteiger partial charge in [-0.15, -0.1) is 0 Å². The van der Waals surface area contributed by atoms with Crippen LogP contribution in [-0.4, -0.2) is 32.1 Å². The van der Waals surface area contributed by atoms with E-state index in [4.69, 9.17) is 28.6 Å². The number of aromatic hydroxyl groups is 2. The number of phenols is 2. The summed E-state index contributed by atoms with van der Waals surface area (Å²) in [5.41, 5.74) is 1.73. The van der Waals surface area contributed by atoms with Gasteiger partial charge in [0.05, 0.1) is 18.4 Å². The largest absolute Gasteiger partial charge is 0.506 e. The lowest BCUT2D eigenvalue weighted by atomic mass is 10.1. The highest BCUT2D eigenvalue weighted by Gasteiger charge is 2.21. The Labute approximate surface area is 154 Å². The Morgan fingerprint density at radius 1 is 1.24 bits per heavy atom. The first kappa shape index (κ1) is 17.3. The summed E-state index contributed by atoms with van der Waals surface area (Å²) in [5.74, 6) is 0.726. The Morgan fingerprint density at radius 3 is 2.52 bits per heavy atom. The highest BCUT2D eigenvalue weighted by atomic mass is 35.5. The molecule has 0 unspecified atom stereocenters. The van der Waals surface area contributed by atoms with Gasteiger partial charge in [-0.05, 0) is 54.5 Å². The zero-order valence-corrected chi connectivity index (χ0v) is 15.1. The number of ether oxygens (including phenoxy) is 1. The molecule has 2 aromatic carbocycles. The predicted molar refractivity (Wildman–Crippen MR) is 98.5 cm³/mol. The van der Waals surface area contributed by atoms with Crippen LogP contribution in [0.3, 0.4) is 0 Å². The van der Waals surface area contributed by atoms with E-state index in [-0.39, 0.29) is 16.5 Å². The maximum Gasteiger partial charge on any atom is 0.200 e. The summed E-state index contributed by atoms with van der Waals surface area (Å²) in [6.07, 6.45) is 0.548. The van der Waals surface area contributed by atoms with Gasteiger partial charge in [0, 0.05) is 0 Å². The van der Waals surface area contributed by atoms with E-state index < -0.39 is 0 Å². The molecule has 0 aliphatic carbocycles. The first-order chi connectivity index (χ1) is 12.0. The summed E-state index contributed by atoms with van der Waals surface area (Å²) in [5, 5.41) is 27.3. The summed E-state index contributed by atoms with van der Waals surface area (Å²) in [6, 6.07) is 8.91. The molecule has 130 valence electrons. The van der Waals surface area contributed by atoms with E-state index in [0.29, 0.717) is 33.9 Å². The van der Waals surface area contributed by atoms with Crippen molar-refractivity contribution in [3.8, 4) is 34.3 Å². The molecular formula is C17H16ClN3O3S. The molecular weight excluding hydrogens is 362 g/mol. The monoisotopic (exact) mass is 377 g/mol. The average Bonchev–Trinajstić information content (AvgIpc) is 3.01. The van der Waals surface area contributed by atoms with Gasteiger partial charge in [0.25, 0.3) is 0 Å². The van der Waals surface area contributed by atoms with Gasteiger partial charge >= 0.3 is 0 Å². The maximum atomic E-state index is 10.4. The molecule has 0 saturated carbocycles. The van der Waals surface area contributed by atoms with Crippen LogP contribution in [0.2, 0.25) is 5.02 Å². The van der Waals surface area contributed by atoms with Crippen molar-refractivity contribution in [1.82, 2.24) is 14.8 Å². The molecule has 0 amide bonds. The smallest absolute Gasteiger partial charge is 0.200 e. The lowest BCUT2D eigenvalue weighted by molar-refractivity contribution is 0.414. The number of phenolic OH excluding ortho intramolecular Hbond substituents is 2. The van der Waals surface area contributed by atoms with Crippen LogP contribution in [-0.2, 0) is 6.42 Å². The Hall–Kier alpha value is -2.51. The molecule has 0 bridgehead atoms. The standard InChI is InChI=1S/C17H16ClN3O3S/c1-3-9-8-12(15(23)13(18)14(9)22)16-19-20-17(25)21(16)10-4-6-11(24-2)7-5-10/h4-8,22-23H,3H2,1-2H3,(H,20,25). The molecule has 0 aliphatic heterocycles. The van der Waals surface area contributed by atoms with Gasteiger partial charge in [0.1, 0.15) is 22.3 Å². The molecule has 0 aliphatic rings. The van der Waals surface area contributed by atoms with Crippen molar-refractivity contribution >= 4 is 23.8 Å². The quantitative estimate of drug-likeness (QED) is 0.592. The Balaban J connectivity index is 2.23. The van der Waals surface area contributed by atoms with Crippen molar-refractivity contribution in [2.75, 3.05) is 7.11 Å². The number of nitrogens with one attached hydrogen (secondary N) is 1. The fourth-order valence-corrected chi connectivity index (χ4v) is 3.03. The minimum absolute atomic E-state index is 0.107. The van der Waals surface area contributed by atoms with Crippen LogP contribution in [0.25, 0.3) is 17.1 Å². The number of aryl methyl sites for hydroxylation is 1. The molecule has 0 spiro atoms. The Morgan fingerprint density at radius 2 is 1.92 bits per heavy atom. The van der Waals surface area contributed by atoms with Gasteiger partial charge in [-0.2, -0.15) is 5.10 Å². The zero-order chi connectivity index (χ0) is 18.1. The minimum Gasteiger partial charge on any atom is -0.506 e. The second kappa shape index (κ2) is 6.78. The number of nitrogens with zero attached hydrogens (tertiary/aromatic N) is 2. The van der Waals surface area contributed by atoms with E-state index in [9.17, 15) is 10.2 Å². The van der Waals surface area contributed by atoms with Crippen LogP contribution in [0.4, 0.5) is 0 Å². The summed E-state index contributed by atoms with van der Waals surface area (Å²) in [6.45, 7) is 1.88. The van der Waals surface area contributed by atoms with E-state index in [2.05, 4.69) is 10.2 Å². The van der Waals surface area contributed by atoms with Crippen molar-refractivity contribution in [3.05, 3.63) is 45.7 Å². The molecule has 3 N–H and O–H groups in total. The molecule has 1 aromatic heterocycles. The number of hydrogen-bond donors (Lipinski definition) is 3. The molecule has 0 fully saturated rings. The first-order valence-corrected chi connectivity index (χ1v) is 8.32. The van der Waals surface area contributed by atoms with Crippen LogP contribution >= 0.6 is 23.8 Å². The molecule has 6 nitrogen and oxygen atoms in total. The van der Waals surface area contributed by atoms with Gasteiger partial charge in [0.15, 0.2) is 10.6 Å². The van der Waals surface area contributed by atoms with Crippen molar-refractivity contribution in [2.45, 2.75) is 13.3 Å². The lowest BCUT2D eigenvalue weighted by Gasteiger charge is -2.13. The highest BCUT2D eigenvalue weighted by Crippen LogP contribution is 2.43. The average molecular weight is 378 g/mol. The van der Waals surface area contributed by atoms with Crippen LogP contribution < -0.4 is 4.74 Å². The van der Waals surface area contributed by atoms with Crippen molar-refractivity contribution < 1.29 is 14.9 Å². The number of aromatic amines is 1. The van der Waals surface area contributed by atoms with Crippen molar-refractivity contribution in [2.24, 2.45) is 0 Å². The Kier molecular flexibility index (Phi) is 4.69. The second-order valence-corrected chi connectivity index (χ2v) is 6.10. The van der Waals surface area contributed by atoms with Crippen LogP contribution in [0.1, 0.15) is 12.5 Å². The van der Waals surface area contributed by atoms with E-state index in [0.717, 1.165) is 5.69 Å². The van der Waals surface area contributed by atoms with Crippen molar-refractivity contribution in [1.29, 1.82) is 0 Å². The summed E-state index contributed by atoms with van der Waals surface area (Å²) >= 11 is 11.4. The van der Waals surface area contributed by atoms with Gasteiger partial charge in [-0.1, -0.05) is 18.5 Å². The highest BCUT2D eigenvalue weighted by molar-refractivity contribution is 7.71. The van der Waals surface area contributed by atoms with E-state index in [1.54, 1.807) is 29.9 Å². The van der Waals surface area contributed by atoms with E-state index in [1.807, 2.05) is 19.1 Å². The fourth-order valence-electron chi connectivity index (χ4n) is 2.57. The van der Waals surface area contributed by atoms with Crippen LogP contribution in [0, 0.1) is 4.77 Å². The third kappa shape index (κ3) is 2.96. The van der Waals surface area contributed by atoms with Crippen molar-refractivity contribution in [3.63, 3.8) is 0 Å². The number of aromatic nitrogens is 3. The van der Waals surface area contributed by atoms with Gasteiger partial charge in [-0.3, -0.25) is 9.67 Å². The van der Waals surface area contributed by atoms with Crippen LogP contribution in [0.5, 0.6) is 17.2 Å². The van der Waals surface area contributed by atoms with E-state index in [1.165, 1.54) is 0 Å². The SMILES string of the molecule is CCc1cc(-c2n[nH]c(=S)n2-c2ccc(OC)cc2)c(O)c(Cl)c1O. The molecule has 8 heteroatoms. The number of halogens is 1. The molecule has 0 saturated heterocycles. The summed E-state index contributed by atoms with van der Waals surface area (Å²) in [7, 11) is 1.59. The minimum atomic E-state index is -0.250. The zero-order valence-electron chi connectivity index (χ0n) is 13.6. The van der Waals surface area contributed by atoms with E-state index >= 15 is 0 Å². The molecule has 0 atom stereocenters. The van der Waals surface area contributed by atoms with Gasteiger partial charge in [-0.25, -0.2) is 0 Å². The number of benzene rings is 2. The van der Waals surface area contributed by atoms with Gasteiger partial charge in [0.2, 0.25) is 0 Å². The Bertz CT molecular complexity index is 980. The maximum absolute atomic E-state index is 10.4. The molecule has 1 heterocycles. The number of rotatable bonds is 4. The molecule has 3 aromatic rings. The third-order valence-corrected chi connectivity index (χ3v) is 4.55. The third-order valence-electron chi connectivity index (χ3n) is 3.92. The van der Waals surface area contributed by atoms with Gasteiger partial charge < -0.3 is 14.9 Å². The number of H-pyrrole nitrogens is 1. The number of methoxy groups -OCH3 is 1. The topological polar surface area (TPSA) is 83.3 Å². The predicted octanol–water partition coefficient (Wildman–Crippen LogP) is 4.23. The number of hydrogen-bond acceptors (Lipinski definition) is 5. The molecule has 3 rings (SSSR count). The normalized spacial score (nSPS) is 10.8. The fraction of sp³-hybridized carbons (Fsp3) is 0.176. The summed E-state index contributed by atoms with van der Waals surface area (Å²) < 4.78 is 7.21. The second-order valence-electron chi connectivity index (χ2n) is 5.33. The van der Waals surface area contributed by atoms with Crippen LogP contribution in [0.15, 0.2) is 30.3 Å². The molecule has 0 radical (unpaired) electrons. The molecule has 25 heavy (non-hydrogen) atoms. The summed E-state index contributed by atoms with van der Waals surface area (Å²) in [4.78, 5) is 0. The first-order valence-electron chi connectivity index (χ1n) is 7.53. The lowest BCUT2D eigenvalue weighted by Crippen LogP contribution is -1.99.